The van der Waals surface area contributed by atoms with E-state index in [0.717, 1.165) is 50.9 Å². The Hall–Kier alpha value is -0.920. The van der Waals surface area contributed by atoms with Gasteiger partial charge in [-0.1, -0.05) is 11.1 Å². The van der Waals surface area contributed by atoms with E-state index in [1.807, 2.05) is 0 Å². The van der Waals surface area contributed by atoms with Crippen LogP contribution in [0.5, 0.6) is 0 Å². The Morgan fingerprint density at radius 2 is 1.47 bits per heavy atom. The number of Topliss-reactive ketones (excluding diaryl/α,β-unsaturated/α-hetero) is 2. The van der Waals surface area contributed by atoms with Crippen molar-refractivity contribution in [3.05, 3.63) is 11.1 Å². The van der Waals surface area contributed by atoms with E-state index in [0.29, 0.717) is 17.5 Å². The third kappa shape index (κ3) is 2.22. The molecule has 0 aromatic carbocycles. The van der Waals surface area contributed by atoms with Gasteiger partial charge in [0.25, 0.3) is 0 Å². The minimum absolute atomic E-state index is 0.429. The molecule has 3 rings (SSSR count). The van der Waals surface area contributed by atoms with Gasteiger partial charge in [0, 0.05) is 25.7 Å². The normalized spacial score (nSPS) is 34.1. The average molecular weight is 232 g/mol. The second-order valence-corrected chi connectivity index (χ2v) is 5.97. The molecular weight excluding hydrogens is 212 g/mol. The van der Waals surface area contributed by atoms with Crippen LogP contribution >= 0.6 is 0 Å². The lowest BCUT2D eigenvalue weighted by atomic mass is 9.72. The maximum absolute atomic E-state index is 11.4. The second-order valence-electron chi connectivity index (χ2n) is 5.97. The minimum Gasteiger partial charge on any atom is -0.300 e. The quantitative estimate of drug-likeness (QED) is 0.650. The predicted molar refractivity (Wildman–Crippen MR) is 65.6 cm³/mol. The van der Waals surface area contributed by atoms with Crippen molar-refractivity contribution in [3.63, 3.8) is 0 Å². The fourth-order valence-corrected chi connectivity index (χ4v) is 3.86. The van der Waals surface area contributed by atoms with Gasteiger partial charge in [-0.15, -0.1) is 0 Å². The first kappa shape index (κ1) is 11.2. The van der Waals surface area contributed by atoms with E-state index in [1.165, 1.54) is 18.4 Å². The van der Waals surface area contributed by atoms with E-state index in [9.17, 15) is 9.59 Å². The molecule has 0 bridgehead atoms. The van der Waals surface area contributed by atoms with E-state index < -0.39 is 0 Å². The minimum atomic E-state index is 0.429. The van der Waals surface area contributed by atoms with E-state index >= 15 is 0 Å². The van der Waals surface area contributed by atoms with Crippen LogP contribution in [0.25, 0.3) is 0 Å². The summed E-state index contributed by atoms with van der Waals surface area (Å²) in [5.41, 5.74) is 3.02. The topological polar surface area (TPSA) is 34.1 Å². The molecule has 3 aliphatic rings. The van der Waals surface area contributed by atoms with Crippen LogP contribution in [0.3, 0.4) is 0 Å². The number of hydrogen-bond donors (Lipinski definition) is 0. The monoisotopic (exact) mass is 232 g/mol. The lowest BCUT2D eigenvalue weighted by Crippen LogP contribution is -2.22. The van der Waals surface area contributed by atoms with Gasteiger partial charge >= 0.3 is 0 Å². The Balaban J connectivity index is 1.69. The Bertz CT molecular complexity index is 392. The summed E-state index contributed by atoms with van der Waals surface area (Å²) in [6.07, 6.45) is 8.76. The Kier molecular flexibility index (Phi) is 2.89. The van der Waals surface area contributed by atoms with Gasteiger partial charge in [-0.05, 0) is 43.9 Å². The molecule has 2 heteroatoms. The summed E-state index contributed by atoms with van der Waals surface area (Å²) in [4.78, 5) is 22.8. The molecule has 0 unspecified atom stereocenters. The molecule has 0 heterocycles. The molecule has 1 saturated carbocycles. The lowest BCUT2D eigenvalue weighted by molar-refractivity contribution is -0.119. The zero-order valence-corrected chi connectivity index (χ0v) is 10.3. The highest BCUT2D eigenvalue weighted by Crippen LogP contribution is 2.43. The van der Waals surface area contributed by atoms with Crippen LogP contribution in [0.4, 0.5) is 0 Å². The van der Waals surface area contributed by atoms with Crippen molar-refractivity contribution in [3.8, 4) is 0 Å². The van der Waals surface area contributed by atoms with Crippen LogP contribution in [0.2, 0.25) is 0 Å². The van der Waals surface area contributed by atoms with Crippen LogP contribution in [0, 0.1) is 11.8 Å². The number of carbonyl (C=O) groups is 2. The van der Waals surface area contributed by atoms with Crippen molar-refractivity contribution in [2.45, 2.75) is 57.8 Å². The molecule has 3 aliphatic carbocycles. The zero-order chi connectivity index (χ0) is 11.8. The first-order chi connectivity index (χ1) is 8.22. The summed E-state index contributed by atoms with van der Waals surface area (Å²) in [6, 6.07) is 0. The fraction of sp³-hybridized carbons (Fsp3) is 0.733. The maximum Gasteiger partial charge on any atom is 0.137 e. The van der Waals surface area contributed by atoms with E-state index in [2.05, 4.69) is 0 Å². The predicted octanol–water partition coefficient (Wildman–Crippen LogP) is 3.21. The number of ketones is 2. The summed E-state index contributed by atoms with van der Waals surface area (Å²) < 4.78 is 0. The van der Waals surface area contributed by atoms with Gasteiger partial charge in [0.05, 0.1) is 0 Å². The molecular formula is C15H20O2. The first-order valence-electron chi connectivity index (χ1n) is 6.95. The smallest absolute Gasteiger partial charge is 0.137 e. The molecule has 0 spiro atoms. The van der Waals surface area contributed by atoms with Crippen molar-refractivity contribution >= 4 is 11.6 Å². The molecule has 0 aromatic rings. The highest BCUT2D eigenvalue weighted by molar-refractivity contribution is 5.83. The van der Waals surface area contributed by atoms with E-state index in [1.54, 1.807) is 5.57 Å². The molecule has 0 amide bonds. The molecule has 2 atom stereocenters. The molecule has 1 fully saturated rings. The third-order valence-electron chi connectivity index (χ3n) is 4.89. The average Bonchev–Trinajstić information content (AvgIpc) is 2.75. The molecule has 0 saturated heterocycles. The Morgan fingerprint density at radius 3 is 2.24 bits per heavy atom. The SMILES string of the molecule is O=C1CCC2=C(CC[C@@H]([C@@H]3CCC(=O)C3)C2)C1. The largest absolute Gasteiger partial charge is 0.300 e. The van der Waals surface area contributed by atoms with Crippen molar-refractivity contribution in [1.29, 1.82) is 0 Å². The van der Waals surface area contributed by atoms with Crippen LogP contribution in [0.15, 0.2) is 11.1 Å². The van der Waals surface area contributed by atoms with Gasteiger partial charge in [0.15, 0.2) is 0 Å². The van der Waals surface area contributed by atoms with E-state index in [-0.39, 0.29) is 0 Å². The number of carbonyl (C=O) groups excluding carboxylic acids is 2. The fourth-order valence-electron chi connectivity index (χ4n) is 3.86. The number of rotatable bonds is 1. The van der Waals surface area contributed by atoms with Crippen molar-refractivity contribution < 1.29 is 9.59 Å². The first-order valence-corrected chi connectivity index (χ1v) is 6.95. The lowest BCUT2D eigenvalue weighted by Gasteiger charge is -2.32. The van der Waals surface area contributed by atoms with Crippen molar-refractivity contribution in [1.82, 2.24) is 0 Å². The summed E-state index contributed by atoms with van der Waals surface area (Å²) >= 11 is 0. The highest BCUT2D eigenvalue weighted by Gasteiger charge is 2.33. The van der Waals surface area contributed by atoms with Gasteiger partial charge < -0.3 is 0 Å². The summed E-state index contributed by atoms with van der Waals surface area (Å²) in [6.45, 7) is 0. The van der Waals surface area contributed by atoms with E-state index in [4.69, 9.17) is 0 Å². The molecule has 2 nitrogen and oxygen atoms in total. The van der Waals surface area contributed by atoms with Crippen molar-refractivity contribution in [2.75, 3.05) is 0 Å². The van der Waals surface area contributed by atoms with Gasteiger partial charge in [-0.3, -0.25) is 9.59 Å². The number of allylic oxidation sites excluding steroid dienone is 2. The molecule has 0 aromatic heterocycles. The highest BCUT2D eigenvalue weighted by atomic mass is 16.1. The van der Waals surface area contributed by atoms with Gasteiger partial charge in [0.1, 0.15) is 11.6 Å². The molecule has 92 valence electrons. The van der Waals surface area contributed by atoms with Crippen LogP contribution in [-0.2, 0) is 9.59 Å². The van der Waals surface area contributed by atoms with Crippen LogP contribution in [0.1, 0.15) is 57.8 Å². The Labute approximate surface area is 102 Å². The summed E-state index contributed by atoms with van der Waals surface area (Å²) in [5, 5.41) is 0. The van der Waals surface area contributed by atoms with Gasteiger partial charge in [-0.25, -0.2) is 0 Å². The van der Waals surface area contributed by atoms with Crippen molar-refractivity contribution in [2.24, 2.45) is 11.8 Å². The standard InChI is InChI=1S/C15H20O2/c16-14-5-3-11-7-10(1-2-12(11)8-14)13-4-6-15(17)9-13/h10,13H,1-9H2/t10-,13-/m1/s1. The number of hydrogen-bond acceptors (Lipinski definition) is 2. The molecule has 17 heavy (non-hydrogen) atoms. The third-order valence-corrected chi connectivity index (χ3v) is 4.89. The Morgan fingerprint density at radius 1 is 0.706 bits per heavy atom. The zero-order valence-electron chi connectivity index (χ0n) is 10.3. The van der Waals surface area contributed by atoms with Gasteiger partial charge in [0.2, 0.25) is 0 Å². The molecule has 0 radical (unpaired) electrons. The van der Waals surface area contributed by atoms with Crippen LogP contribution in [-0.4, -0.2) is 11.6 Å². The summed E-state index contributed by atoms with van der Waals surface area (Å²) in [7, 11) is 0. The van der Waals surface area contributed by atoms with Gasteiger partial charge in [-0.2, -0.15) is 0 Å². The summed E-state index contributed by atoms with van der Waals surface area (Å²) in [5.74, 6) is 2.27. The van der Waals surface area contributed by atoms with Crippen LogP contribution < -0.4 is 0 Å². The second kappa shape index (κ2) is 4.40. The maximum atomic E-state index is 11.4. The molecule has 0 N–H and O–H groups in total. The molecule has 0 aliphatic heterocycles.